The Morgan fingerprint density at radius 3 is 1.36 bits per heavy atom. The summed E-state index contributed by atoms with van der Waals surface area (Å²) in [4.78, 5) is 55.2. The van der Waals surface area contributed by atoms with E-state index in [1.54, 1.807) is 35.0 Å². The van der Waals surface area contributed by atoms with Crippen LogP contribution in [0.4, 0.5) is 9.59 Å². The molecule has 0 radical (unpaired) electrons. The number of allylic oxidation sites excluding steroid dienone is 1. The molecule has 0 aliphatic carbocycles. The Labute approximate surface area is 420 Å². The molecule has 0 aromatic heterocycles. The number of methoxy groups -OCH3 is 4. The van der Waals surface area contributed by atoms with Crippen molar-refractivity contribution in [2.24, 2.45) is 23.7 Å². The number of esters is 2. The van der Waals surface area contributed by atoms with Crippen LogP contribution in [-0.4, -0.2) is 111 Å². The smallest absolute Gasteiger partial charge is 0.412 e. The molecule has 14 nitrogen and oxygen atoms in total. The molecule has 2 saturated heterocycles. The summed E-state index contributed by atoms with van der Waals surface area (Å²) in [5, 5.41) is 0. The largest absolute Gasteiger partial charge is 0.497 e. The number of rotatable bonds is 18. The van der Waals surface area contributed by atoms with Gasteiger partial charge in [-0.1, -0.05) is 62.9 Å². The third kappa shape index (κ3) is 19.8. The lowest BCUT2D eigenvalue weighted by Crippen LogP contribution is -2.49. The van der Waals surface area contributed by atoms with E-state index < -0.39 is 41.4 Å². The predicted octanol–water partition coefficient (Wildman–Crippen LogP) is 11.7. The number of hydrogen-bond acceptors (Lipinski definition) is 12. The predicted molar refractivity (Wildman–Crippen MR) is 273 cm³/mol. The van der Waals surface area contributed by atoms with E-state index in [1.807, 2.05) is 65.0 Å². The summed E-state index contributed by atoms with van der Waals surface area (Å²) in [6.45, 7) is 20.8. The first kappa shape index (κ1) is 59.5. The fraction of sp³-hybridized carbons (Fsp3) is 0.679. The van der Waals surface area contributed by atoms with Crippen molar-refractivity contribution in [2.45, 2.75) is 181 Å². The molecule has 2 amide bonds. The number of unbranched alkanes of at least 4 members (excludes halogenated alkanes) is 1. The van der Waals surface area contributed by atoms with Gasteiger partial charge in [0.1, 0.15) is 60.5 Å². The minimum absolute atomic E-state index is 0.0302. The van der Waals surface area contributed by atoms with Gasteiger partial charge in [0.05, 0.1) is 14.2 Å². The molecule has 8 atom stereocenters. The van der Waals surface area contributed by atoms with E-state index in [0.29, 0.717) is 24.7 Å². The van der Waals surface area contributed by atoms with Crippen LogP contribution in [-0.2, 0) is 50.9 Å². The minimum atomic E-state index is -0.757. The van der Waals surface area contributed by atoms with Gasteiger partial charge in [0, 0.05) is 14.2 Å². The van der Waals surface area contributed by atoms with E-state index in [4.69, 9.17) is 37.9 Å². The molecule has 394 valence electrons. The minimum Gasteiger partial charge on any atom is -0.497 e. The van der Waals surface area contributed by atoms with Crippen molar-refractivity contribution in [1.82, 2.24) is 9.80 Å². The van der Waals surface area contributed by atoms with E-state index >= 15 is 0 Å². The highest BCUT2D eigenvalue weighted by atomic mass is 16.6. The summed E-state index contributed by atoms with van der Waals surface area (Å²) in [7, 11) is 6.34. The molecule has 2 fully saturated rings. The van der Waals surface area contributed by atoms with Crippen LogP contribution in [0.2, 0.25) is 0 Å². The van der Waals surface area contributed by atoms with Crippen LogP contribution in [0.5, 0.6) is 11.5 Å². The number of cyclic esters (lactones) is 2. The van der Waals surface area contributed by atoms with Crippen LogP contribution < -0.4 is 9.47 Å². The first-order chi connectivity index (χ1) is 33.2. The number of carbonyl (C=O) groups excluding carboxylic acids is 4. The van der Waals surface area contributed by atoms with Crippen molar-refractivity contribution in [3.8, 4) is 11.5 Å². The fourth-order valence-corrected chi connectivity index (χ4v) is 9.63. The SMILES string of the molecule is C=CCC[C@@H]1[C@@H](Cc2ccc(OC)cc2)CCC[C@H](N(COC)C(=O)OC(C)(C)C)C(=O)O[C@H]1C.CCCC[C@@H]1[C@@H](Cc2ccc(OC)cc2)CCC[C@H](N(COC)C(=O)OC(C)(C)C)C(=O)O[C@H]1C. The summed E-state index contributed by atoms with van der Waals surface area (Å²) in [6.07, 6.45) is 11.4. The molecule has 2 aliphatic rings. The van der Waals surface area contributed by atoms with E-state index in [1.165, 1.54) is 35.1 Å². The number of nitrogens with zero attached hydrogens (tertiary/aromatic N) is 2. The number of carbonyl (C=O) groups is 4. The highest BCUT2D eigenvalue weighted by Crippen LogP contribution is 2.36. The van der Waals surface area contributed by atoms with Crippen LogP contribution in [0.3, 0.4) is 0 Å². The van der Waals surface area contributed by atoms with Gasteiger partial charge in [-0.2, -0.15) is 0 Å². The molecule has 2 aromatic rings. The molecule has 0 saturated carbocycles. The molecule has 2 heterocycles. The van der Waals surface area contributed by atoms with Crippen molar-refractivity contribution in [1.29, 1.82) is 0 Å². The Balaban J connectivity index is 0.000000370. The summed E-state index contributed by atoms with van der Waals surface area (Å²) in [6, 6.07) is 14.9. The van der Waals surface area contributed by atoms with Crippen LogP contribution in [0.15, 0.2) is 61.2 Å². The zero-order chi connectivity index (χ0) is 52.0. The maximum atomic E-state index is 13.3. The quantitative estimate of drug-likeness (QED) is 0.0606. The average molecular weight is 981 g/mol. The molecule has 0 spiro atoms. The third-order valence-electron chi connectivity index (χ3n) is 13.1. The number of hydrogen-bond donors (Lipinski definition) is 0. The van der Waals surface area contributed by atoms with Gasteiger partial charge in [0.25, 0.3) is 0 Å². The molecule has 2 aromatic carbocycles. The molecule has 0 bridgehead atoms. The molecule has 4 rings (SSSR count). The third-order valence-corrected chi connectivity index (χ3v) is 13.1. The van der Waals surface area contributed by atoms with Gasteiger partial charge in [0.15, 0.2) is 0 Å². The lowest BCUT2D eigenvalue weighted by molar-refractivity contribution is -0.160. The van der Waals surface area contributed by atoms with E-state index in [0.717, 1.165) is 82.1 Å². The van der Waals surface area contributed by atoms with Gasteiger partial charge in [-0.25, -0.2) is 19.2 Å². The summed E-state index contributed by atoms with van der Waals surface area (Å²) in [5.74, 6) is 2.00. The first-order valence-corrected chi connectivity index (χ1v) is 25.4. The van der Waals surface area contributed by atoms with Crippen LogP contribution in [0, 0.1) is 23.7 Å². The number of benzene rings is 2. The Hall–Kier alpha value is -4.82. The second-order valence-electron chi connectivity index (χ2n) is 20.9. The molecule has 0 N–H and O–H groups in total. The van der Waals surface area contributed by atoms with Gasteiger partial charge in [-0.3, -0.25) is 9.80 Å². The zero-order valence-electron chi connectivity index (χ0n) is 44.9. The van der Waals surface area contributed by atoms with Crippen LogP contribution in [0.25, 0.3) is 0 Å². The second-order valence-corrected chi connectivity index (χ2v) is 20.9. The van der Waals surface area contributed by atoms with E-state index in [-0.39, 0.29) is 43.5 Å². The van der Waals surface area contributed by atoms with E-state index in [2.05, 4.69) is 37.8 Å². The number of ether oxygens (including phenoxy) is 8. The highest BCUT2D eigenvalue weighted by molar-refractivity contribution is 5.82. The molecule has 70 heavy (non-hydrogen) atoms. The topological polar surface area (TPSA) is 149 Å². The highest BCUT2D eigenvalue weighted by Gasteiger charge is 2.40. The van der Waals surface area contributed by atoms with Gasteiger partial charge < -0.3 is 37.9 Å². The van der Waals surface area contributed by atoms with Gasteiger partial charge in [-0.15, -0.1) is 6.58 Å². The monoisotopic (exact) mass is 981 g/mol. The first-order valence-electron chi connectivity index (χ1n) is 25.4. The summed E-state index contributed by atoms with van der Waals surface area (Å²) >= 11 is 0. The Morgan fingerprint density at radius 2 is 1.03 bits per heavy atom. The Morgan fingerprint density at radius 1 is 0.643 bits per heavy atom. The van der Waals surface area contributed by atoms with Crippen molar-refractivity contribution in [2.75, 3.05) is 41.9 Å². The van der Waals surface area contributed by atoms with Gasteiger partial charge >= 0.3 is 24.1 Å². The number of amides is 2. The second kappa shape index (κ2) is 29.5. The lowest BCUT2D eigenvalue weighted by atomic mass is 9.78. The standard InChI is InChI=1S/C28H45NO6.C28H43NO6/c2*1-8-9-12-24-20(2)34-26(30)25(29(19-32-6)27(31)35-28(3,4)5)13-10-11-22(24)18-21-14-16-23(33-7)17-15-21/h14-17,20,22,24-25H,8-13,18-19H2,1-7H3;8,14-17,20,22,24-25H,1,9-13,18-19H2,2-7H3/t2*20-,22+,24-,25-/m00/s1. The van der Waals surface area contributed by atoms with Crippen molar-refractivity contribution in [3.63, 3.8) is 0 Å². The average Bonchev–Trinajstić information content (AvgIpc) is 3.38. The maximum absolute atomic E-state index is 13.3. The lowest BCUT2D eigenvalue weighted by Gasteiger charge is -2.33. The van der Waals surface area contributed by atoms with Crippen molar-refractivity contribution >= 4 is 24.1 Å². The van der Waals surface area contributed by atoms with Crippen molar-refractivity contribution < 1.29 is 57.1 Å². The van der Waals surface area contributed by atoms with Crippen LogP contribution in [0.1, 0.15) is 144 Å². The summed E-state index contributed by atoms with van der Waals surface area (Å²) < 4.78 is 44.3. The molecular formula is C56H88N2O12. The van der Waals surface area contributed by atoms with Crippen molar-refractivity contribution in [3.05, 3.63) is 72.3 Å². The Bertz CT molecular complexity index is 1870. The van der Waals surface area contributed by atoms with Gasteiger partial charge in [0.2, 0.25) is 0 Å². The van der Waals surface area contributed by atoms with Crippen LogP contribution >= 0.6 is 0 Å². The molecule has 2 aliphatic heterocycles. The van der Waals surface area contributed by atoms with Gasteiger partial charge in [-0.05, 0) is 172 Å². The molecular weight excluding hydrogens is 893 g/mol. The molecule has 0 unspecified atom stereocenters. The molecule has 14 heteroatoms. The zero-order valence-corrected chi connectivity index (χ0v) is 44.9. The normalized spacial score (nSPS) is 23.4. The summed E-state index contributed by atoms with van der Waals surface area (Å²) in [5.41, 5.74) is 1.12. The van der Waals surface area contributed by atoms with E-state index in [9.17, 15) is 19.2 Å². The Kier molecular flexibility index (Phi) is 25.1. The maximum Gasteiger partial charge on any atom is 0.412 e. The fourth-order valence-electron chi connectivity index (χ4n) is 9.63.